The number of hydrogen-bond donors (Lipinski definition) is 1. The molecule has 0 radical (unpaired) electrons. The third kappa shape index (κ3) is 8.66. The van der Waals surface area contributed by atoms with Crippen LogP contribution in [-0.2, 0) is 35.0 Å². The van der Waals surface area contributed by atoms with Gasteiger partial charge in [-0.1, -0.05) is 37.3 Å². The molecule has 1 amide bonds. The number of benzene rings is 1. The van der Waals surface area contributed by atoms with E-state index in [-0.39, 0.29) is 29.7 Å². The van der Waals surface area contributed by atoms with E-state index in [0.717, 1.165) is 12.0 Å². The first-order chi connectivity index (χ1) is 18.8. The van der Waals surface area contributed by atoms with Crippen molar-refractivity contribution in [3.8, 4) is 11.5 Å². The molecule has 1 aromatic heterocycles. The molecule has 39 heavy (non-hydrogen) atoms. The van der Waals surface area contributed by atoms with Gasteiger partial charge in [-0.05, 0) is 25.3 Å². The summed E-state index contributed by atoms with van der Waals surface area (Å²) in [4.78, 5) is 41.6. The van der Waals surface area contributed by atoms with Crippen LogP contribution < -0.4 is 14.8 Å². The van der Waals surface area contributed by atoms with Crippen LogP contribution in [0.5, 0.6) is 11.5 Å². The average molecular weight is 545 g/mol. The maximum absolute atomic E-state index is 13.2. The Hall–Kier alpha value is -3.70. The summed E-state index contributed by atoms with van der Waals surface area (Å²) in [6.07, 6.45) is 1.85. The van der Waals surface area contributed by atoms with Crippen LogP contribution in [-0.4, -0.2) is 74.8 Å². The predicted molar refractivity (Wildman–Crippen MR) is 139 cm³/mol. The van der Waals surface area contributed by atoms with Crippen LogP contribution in [0.3, 0.4) is 0 Å². The van der Waals surface area contributed by atoms with Gasteiger partial charge in [-0.2, -0.15) is 0 Å². The lowest BCUT2D eigenvalue weighted by Gasteiger charge is -2.30. The highest BCUT2D eigenvalue weighted by Gasteiger charge is 2.36. The average Bonchev–Trinajstić information content (AvgIpc) is 2.96. The van der Waals surface area contributed by atoms with Gasteiger partial charge in [-0.3, -0.25) is 9.59 Å². The maximum Gasteiger partial charge on any atom is 0.331 e. The minimum absolute atomic E-state index is 0.0413. The second kappa shape index (κ2) is 15.0. The number of carbonyl (C=O) groups excluding carboxylic acids is 3. The first-order valence-electron chi connectivity index (χ1n) is 12.9. The third-order valence-electron chi connectivity index (χ3n) is 6.06. The summed E-state index contributed by atoms with van der Waals surface area (Å²) in [7, 11) is 1.39. The molecule has 11 nitrogen and oxygen atoms in total. The molecule has 2 heterocycles. The molecule has 1 aliphatic rings. The molecule has 3 rings (SSSR count). The van der Waals surface area contributed by atoms with Gasteiger partial charge in [0.2, 0.25) is 6.79 Å². The first-order valence-corrected chi connectivity index (χ1v) is 12.9. The van der Waals surface area contributed by atoms with E-state index in [1.165, 1.54) is 26.3 Å². The highest BCUT2D eigenvalue weighted by molar-refractivity contribution is 5.98. The number of hydrogen-bond acceptors (Lipinski definition) is 10. The fourth-order valence-electron chi connectivity index (χ4n) is 4.22. The van der Waals surface area contributed by atoms with Gasteiger partial charge < -0.3 is 33.7 Å². The molecular formula is C28H36N2O9. The van der Waals surface area contributed by atoms with Gasteiger partial charge in [-0.25, -0.2) is 9.78 Å². The molecule has 1 aromatic carbocycles. The van der Waals surface area contributed by atoms with Gasteiger partial charge in [0.15, 0.2) is 23.2 Å². The van der Waals surface area contributed by atoms with Crippen molar-refractivity contribution < 1.29 is 42.8 Å². The minimum Gasteiger partial charge on any atom is -0.493 e. The third-order valence-corrected chi connectivity index (χ3v) is 6.06. The van der Waals surface area contributed by atoms with E-state index in [0.29, 0.717) is 19.6 Å². The van der Waals surface area contributed by atoms with E-state index in [1.807, 2.05) is 37.3 Å². The Balaban J connectivity index is 1.77. The molecule has 1 N–H and O–H groups in total. The van der Waals surface area contributed by atoms with E-state index in [4.69, 9.17) is 28.4 Å². The van der Waals surface area contributed by atoms with Crippen molar-refractivity contribution in [1.29, 1.82) is 0 Å². The van der Waals surface area contributed by atoms with Crippen LogP contribution in [0.25, 0.3) is 0 Å². The van der Waals surface area contributed by atoms with Crippen molar-refractivity contribution in [3.05, 3.63) is 53.9 Å². The van der Waals surface area contributed by atoms with Crippen molar-refractivity contribution in [3.63, 3.8) is 0 Å². The number of pyridine rings is 1. The number of carbonyl (C=O) groups is 3. The van der Waals surface area contributed by atoms with E-state index in [9.17, 15) is 14.4 Å². The number of aromatic nitrogens is 1. The summed E-state index contributed by atoms with van der Waals surface area (Å²) in [5.41, 5.74) is 0.956. The number of methoxy groups -OCH3 is 1. The fraction of sp³-hybridized carbons (Fsp3) is 0.500. The number of ether oxygens (including phenoxy) is 6. The van der Waals surface area contributed by atoms with Crippen LogP contribution in [0.1, 0.15) is 43.2 Å². The quantitative estimate of drug-likeness (QED) is 0.333. The normalized spacial score (nSPS) is 21.5. The van der Waals surface area contributed by atoms with E-state index < -0.39 is 42.9 Å². The number of rotatable bonds is 11. The zero-order valence-electron chi connectivity index (χ0n) is 22.7. The number of cyclic esters (lactones) is 1. The molecule has 0 bridgehead atoms. The maximum atomic E-state index is 13.2. The van der Waals surface area contributed by atoms with Crippen LogP contribution in [0, 0.1) is 5.92 Å². The number of esters is 2. The highest BCUT2D eigenvalue weighted by Crippen LogP contribution is 2.30. The van der Waals surface area contributed by atoms with Crippen LogP contribution >= 0.6 is 0 Å². The first kappa shape index (κ1) is 29.9. The largest absolute Gasteiger partial charge is 0.493 e. The summed E-state index contributed by atoms with van der Waals surface area (Å²) in [6.45, 7) is 5.26. The molecule has 4 atom stereocenters. The SMILES string of the molecule is CCCO[C@@H]1[C@@H](Cc2ccccc2)COC[C@H](NC(=O)c2nccc(OC)c2OCOC(C)=O)C(=O)O[C@H]1C. The Morgan fingerprint density at radius 2 is 1.92 bits per heavy atom. The van der Waals surface area contributed by atoms with E-state index in [1.54, 1.807) is 6.92 Å². The summed E-state index contributed by atoms with van der Waals surface area (Å²) in [5.74, 6) is -1.87. The van der Waals surface area contributed by atoms with Crippen molar-refractivity contribution in [1.82, 2.24) is 10.3 Å². The molecule has 2 aromatic rings. The minimum atomic E-state index is -1.11. The number of nitrogens with zero attached hydrogens (tertiary/aromatic N) is 1. The second-order valence-corrected chi connectivity index (χ2v) is 9.08. The summed E-state index contributed by atoms with van der Waals surface area (Å²) in [6, 6.07) is 10.3. The molecule has 0 aliphatic carbocycles. The topological polar surface area (TPSA) is 132 Å². The molecule has 11 heteroatoms. The Morgan fingerprint density at radius 1 is 1.15 bits per heavy atom. The number of nitrogens with one attached hydrogen (secondary N) is 1. The smallest absolute Gasteiger partial charge is 0.331 e. The number of amides is 1. The molecule has 1 aliphatic heterocycles. The van der Waals surface area contributed by atoms with Crippen molar-refractivity contribution in [2.75, 3.05) is 33.7 Å². The Labute approximate surface area is 228 Å². The summed E-state index contributed by atoms with van der Waals surface area (Å²) in [5, 5.41) is 2.63. The summed E-state index contributed by atoms with van der Waals surface area (Å²) < 4.78 is 33.4. The van der Waals surface area contributed by atoms with Gasteiger partial charge in [0, 0.05) is 31.7 Å². The standard InChI is InChI=1S/C28H36N2O9/c1-5-13-36-25-18(2)39-28(33)22(16-35-15-21(25)14-20-9-7-6-8-10-20)30-27(32)24-26(38-17-37-19(3)31)23(34-4)11-12-29-24/h6-12,18,21-22,25H,5,13-17H2,1-4H3,(H,30,32)/t18-,21-,22-,25-/m0/s1. The van der Waals surface area contributed by atoms with Gasteiger partial charge in [-0.15, -0.1) is 0 Å². The van der Waals surface area contributed by atoms with E-state index >= 15 is 0 Å². The predicted octanol–water partition coefficient (Wildman–Crippen LogP) is 2.70. The lowest BCUT2D eigenvalue weighted by molar-refractivity contribution is -0.160. The Morgan fingerprint density at radius 3 is 2.62 bits per heavy atom. The Kier molecular flexibility index (Phi) is 11.5. The molecular weight excluding hydrogens is 508 g/mol. The van der Waals surface area contributed by atoms with Crippen LogP contribution in [0.2, 0.25) is 0 Å². The lowest BCUT2D eigenvalue weighted by Crippen LogP contribution is -2.46. The molecule has 1 saturated heterocycles. The van der Waals surface area contributed by atoms with Crippen molar-refractivity contribution in [2.45, 2.75) is 51.9 Å². The fourth-order valence-corrected chi connectivity index (χ4v) is 4.22. The molecule has 212 valence electrons. The zero-order chi connectivity index (χ0) is 28.2. The zero-order valence-corrected chi connectivity index (χ0v) is 22.7. The monoisotopic (exact) mass is 544 g/mol. The second-order valence-electron chi connectivity index (χ2n) is 9.08. The van der Waals surface area contributed by atoms with Crippen molar-refractivity contribution >= 4 is 17.8 Å². The van der Waals surface area contributed by atoms with Crippen LogP contribution in [0.15, 0.2) is 42.6 Å². The van der Waals surface area contributed by atoms with Crippen LogP contribution in [0.4, 0.5) is 0 Å². The Bertz CT molecular complexity index is 1100. The molecule has 0 spiro atoms. The van der Waals surface area contributed by atoms with Gasteiger partial charge in [0.1, 0.15) is 6.10 Å². The highest BCUT2D eigenvalue weighted by atomic mass is 16.7. The van der Waals surface area contributed by atoms with Gasteiger partial charge in [0.05, 0.1) is 26.4 Å². The molecule has 0 saturated carbocycles. The van der Waals surface area contributed by atoms with Gasteiger partial charge >= 0.3 is 11.9 Å². The van der Waals surface area contributed by atoms with Gasteiger partial charge in [0.25, 0.3) is 5.91 Å². The lowest BCUT2D eigenvalue weighted by atomic mass is 9.91. The van der Waals surface area contributed by atoms with E-state index in [2.05, 4.69) is 10.3 Å². The molecule has 0 unspecified atom stereocenters. The van der Waals surface area contributed by atoms with Crippen molar-refractivity contribution in [2.24, 2.45) is 5.92 Å². The summed E-state index contributed by atoms with van der Waals surface area (Å²) >= 11 is 0. The molecule has 1 fully saturated rings.